The van der Waals surface area contributed by atoms with E-state index in [2.05, 4.69) is 15.6 Å². The first kappa shape index (κ1) is 17.3. The van der Waals surface area contributed by atoms with Crippen molar-refractivity contribution in [2.45, 2.75) is 23.7 Å². The second kappa shape index (κ2) is 8.50. The first-order valence-corrected chi connectivity index (χ1v) is 9.78. The molecule has 0 radical (unpaired) electrons. The number of rotatable bonds is 6. The van der Waals surface area contributed by atoms with Crippen molar-refractivity contribution in [2.75, 3.05) is 31.3 Å². The number of hydrogen-bond acceptors (Lipinski definition) is 6. The number of nitrogens with one attached hydrogen (secondary N) is 2. The lowest BCUT2D eigenvalue weighted by molar-refractivity contribution is -0.113. The fourth-order valence-corrected chi connectivity index (χ4v) is 4.32. The summed E-state index contributed by atoms with van der Waals surface area (Å²) >= 11 is 3.10. The highest BCUT2D eigenvalue weighted by atomic mass is 32.2. The number of amides is 1. The number of nitrogens with zero attached hydrogens (tertiary/aromatic N) is 1. The van der Waals surface area contributed by atoms with E-state index in [1.54, 1.807) is 18.4 Å². The molecule has 1 fully saturated rings. The van der Waals surface area contributed by atoms with Crippen molar-refractivity contribution >= 4 is 34.1 Å². The standard InChI is InChI=1S/C17H21N3O2S2/c1-22-13-2-4-14(5-3-13)23-11-16(21)20-17-19-10-15(24-17)12-6-8-18-9-7-12/h2-5,10,12,18H,6-9,11H2,1H3,(H,19,20,21). The Morgan fingerprint density at radius 2 is 2.12 bits per heavy atom. The van der Waals surface area contributed by atoms with Gasteiger partial charge in [0, 0.05) is 16.0 Å². The predicted octanol–water partition coefficient (Wildman–Crippen LogP) is 3.35. The van der Waals surface area contributed by atoms with E-state index < -0.39 is 0 Å². The summed E-state index contributed by atoms with van der Waals surface area (Å²) in [6.45, 7) is 2.12. The summed E-state index contributed by atoms with van der Waals surface area (Å²) in [6, 6.07) is 7.70. The average molecular weight is 364 g/mol. The number of thiazole rings is 1. The first-order chi connectivity index (χ1) is 11.7. The van der Waals surface area contributed by atoms with Crippen molar-refractivity contribution in [3.05, 3.63) is 35.3 Å². The lowest BCUT2D eigenvalue weighted by Gasteiger charge is -2.20. The van der Waals surface area contributed by atoms with Gasteiger partial charge in [-0.15, -0.1) is 23.1 Å². The molecule has 1 amide bonds. The molecular formula is C17H21N3O2S2. The van der Waals surface area contributed by atoms with Gasteiger partial charge in [0.2, 0.25) is 5.91 Å². The van der Waals surface area contributed by atoms with Gasteiger partial charge in [-0.25, -0.2) is 4.98 Å². The number of hydrogen-bond donors (Lipinski definition) is 2. The second-order valence-electron chi connectivity index (χ2n) is 5.60. The number of aromatic nitrogens is 1. The van der Waals surface area contributed by atoms with Crippen LogP contribution < -0.4 is 15.4 Å². The minimum atomic E-state index is -0.0259. The molecular weight excluding hydrogens is 342 g/mol. The molecule has 0 saturated carbocycles. The fraction of sp³-hybridized carbons (Fsp3) is 0.412. The number of carbonyl (C=O) groups excluding carboxylic acids is 1. The molecule has 0 bridgehead atoms. The second-order valence-corrected chi connectivity index (χ2v) is 7.72. The van der Waals surface area contributed by atoms with Crippen LogP contribution in [0.4, 0.5) is 5.13 Å². The van der Waals surface area contributed by atoms with Gasteiger partial charge in [0.25, 0.3) is 0 Å². The van der Waals surface area contributed by atoms with E-state index in [0.29, 0.717) is 16.8 Å². The van der Waals surface area contributed by atoms with Gasteiger partial charge in [0.15, 0.2) is 5.13 Å². The Bertz CT molecular complexity index is 667. The molecule has 1 saturated heterocycles. The molecule has 24 heavy (non-hydrogen) atoms. The summed E-state index contributed by atoms with van der Waals surface area (Å²) in [6.07, 6.45) is 4.19. The quantitative estimate of drug-likeness (QED) is 0.771. The molecule has 7 heteroatoms. The molecule has 0 atom stereocenters. The van der Waals surface area contributed by atoms with E-state index in [9.17, 15) is 4.79 Å². The summed E-state index contributed by atoms with van der Waals surface area (Å²) in [5.41, 5.74) is 0. The summed E-state index contributed by atoms with van der Waals surface area (Å²) in [5, 5.41) is 6.97. The highest BCUT2D eigenvalue weighted by Crippen LogP contribution is 2.31. The molecule has 2 heterocycles. The molecule has 0 unspecified atom stereocenters. The zero-order chi connectivity index (χ0) is 16.8. The number of anilines is 1. The van der Waals surface area contributed by atoms with Crippen molar-refractivity contribution in [3.8, 4) is 5.75 Å². The molecule has 0 aliphatic carbocycles. The number of piperidine rings is 1. The van der Waals surface area contributed by atoms with E-state index in [4.69, 9.17) is 4.74 Å². The van der Waals surface area contributed by atoms with Gasteiger partial charge in [-0.1, -0.05) is 0 Å². The largest absolute Gasteiger partial charge is 0.497 e. The smallest absolute Gasteiger partial charge is 0.236 e. The van der Waals surface area contributed by atoms with Crippen LogP contribution in [0.15, 0.2) is 35.4 Å². The summed E-state index contributed by atoms with van der Waals surface area (Å²) in [4.78, 5) is 18.8. The van der Waals surface area contributed by atoms with Crippen molar-refractivity contribution in [2.24, 2.45) is 0 Å². The Morgan fingerprint density at radius 1 is 1.38 bits per heavy atom. The van der Waals surface area contributed by atoms with Crippen LogP contribution in [0, 0.1) is 0 Å². The topological polar surface area (TPSA) is 63.2 Å². The fourth-order valence-electron chi connectivity index (χ4n) is 2.62. The van der Waals surface area contributed by atoms with Crippen LogP contribution >= 0.6 is 23.1 Å². The maximum atomic E-state index is 12.1. The maximum Gasteiger partial charge on any atom is 0.236 e. The predicted molar refractivity (Wildman–Crippen MR) is 99.3 cm³/mol. The molecule has 1 aromatic heterocycles. The van der Waals surface area contributed by atoms with Crippen molar-refractivity contribution in [1.82, 2.24) is 10.3 Å². The Labute approximate surface area is 150 Å². The molecule has 1 aromatic carbocycles. The molecule has 1 aliphatic heterocycles. The molecule has 128 valence electrons. The number of ether oxygens (including phenoxy) is 1. The first-order valence-electron chi connectivity index (χ1n) is 7.98. The summed E-state index contributed by atoms with van der Waals surface area (Å²) in [7, 11) is 1.64. The van der Waals surface area contributed by atoms with Gasteiger partial charge in [-0.3, -0.25) is 4.79 Å². The monoisotopic (exact) mass is 363 g/mol. The van der Waals surface area contributed by atoms with Crippen LogP contribution in [0.2, 0.25) is 0 Å². The normalized spacial score (nSPS) is 15.2. The SMILES string of the molecule is COc1ccc(SCC(=O)Nc2ncc(C3CCNCC3)s2)cc1. The molecule has 2 N–H and O–H groups in total. The van der Waals surface area contributed by atoms with E-state index >= 15 is 0 Å². The highest BCUT2D eigenvalue weighted by Gasteiger charge is 2.18. The Balaban J connectivity index is 1.48. The van der Waals surface area contributed by atoms with Crippen LogP contribution in [0.3, 0.4) is 0 Å². The summed E-state index contributed by atoms with van der Waals surface area (Å²) < 4.78 is 5.13. The number of benzene rings is 1. The van der Waals surface area contributed by atoms with Gasteiger partial charge in [0.1, 0.15) is 5.75 Å². The lowest BCUT2D eigenvalue weighted by Crippen LogP contribution is -2.26. The number of thioether (sulfide) groups is 1. The van der Waals surface area contributed by atoms with Gasteiger partial charge < -0.3 is 15.4 Å². The molecule has 5 nitrogen and oxygen atoms in total. The minimum absolute atomic E-state index is 0.0259. The molecule has 0 spiro atoms. The average Bonchev–Trinajstić information content (AvgIpc) is 3.09. The van der Waals surface area contributed by atoms with Gasteiger partial charge >= 0.3 is 0 Å². The van der Waals surface area contributed by atoms with Crippen LogP contribution in [0.1, 0.15) is 23.6 Å². The zero-order valence-electron chi connectivity index (χ0n) is 13.6. The van der Waals surface area contributed by atoms with Gasteiger partial charge in [0.05, 0.1) is 12.9 Å². The Morgan fingerprint density at radius 3 is 2.83 bits per heavy atom. The van der Waals surface area contributed by atoms with E-state index in [0.717, 1.165) is 36.6 Å². The molecule has 2 aromatic rings. The maximum absolute atomic E-state index is 12.1. The van der Waals surface area contributed by atoms with Gasteiger partial charge in [-0.2, -0.15) is 0 Å². The van der Waals surface area contributed by atoms with Crippen LogP contribution in [-0.4, -0.2) is 36.8 Å². The lowest BCUT2D eigenvalue weighted by atomic mass is 9.97. The third-order valence-corrected chi connectivity index (χ3v) is 6.03. The van der Waals surface area contributed by atoms with E-state index in [1.165, 1.54) is 16.6 Å². The Hall–Kier alpha value is -1.57. The molecule has 3 rings (SSSR count). The number of methoxy groups -OCH3 is 1. The van der Waals surface area contributed by atoms with Crippen molar-refractivity contribution < 1.29 is 9.53 Å². The third kappa shape index (κ3) is 4.72. The van der Waals surface area contributed by atoms with Crippen molar-refractivity contribution in [1.29, 1.82) is 0 Å². The van der Waals surface area contributed by atoms with Crippen molar-refractivity contribution in [3.63, 3.8) is 0 Å². The molecule has 1 aliphatic rings. The number of carbonyl (C=O) groups is 1. The minimum Gasteiger partial charge on any atom is -0.497 e. The van der Waals surface area contributed by atoms with E-state index in [-0.39, 0.29) is 5.91 Å². The van der Waals surface area contributed by atoms with Crippen LogP contribution in [0.5, 0.6) is 5.75 Å². The van der Waals surface area contributed by atoms with Crippen LogP contribution in [-0.2, 0) is 4.79 Å². The summed E-state index contributed by atoms with van der Waals surface area (Å²) in [5.74, 6) is 1.73. The van der Waals surface area contributed by atoms with Gasteiger partial charge in [-0.05, 0) is 56.1 Å². The van der Waals surface area contributed by atoms with E-state index in [1.807, 2.05) is 30.5 Å². The zero-order valence-corrected chi connectivity index (χ0v) is 15.2. The van der Waals surface area contributed by atoms with Crippen LogP contribution in [0.25, 0.3) is 0 Å². The Kier molecular flexibility index (Phi) is 6.12. The third-order valence-electron chi connectivity index (χ3n) is 3.94. The highest BCUT2D eigenvalue weighted by molar-refractivity contribution is 8.00.